The molecule has 0 bridgehead atoms. The maximum absolute atomic E-state index is 11.6. The number of aryl methyl sites for hydroxylation is 2. The summed E-state index contributed by atoms with van der Waals surface area (Å²) in [7, 11) is 1.65. The van der Waals surface area contributed by atoms with E-state index in [-0.39, 0.29) is 11.7 Å². The number of aromatic nitrogens is 2. The molecule has 1 amide bonds. The Morgan fingerprint density at radius 1 is 1.22 bits per heavy atom. The highest BCUT2D eigenvalue weighted by molar-refractivity contribution is 5.91. The van der Waals surface area contributed by atoms with Crippen LogP contribution in [0.5, 0.6) is 0 Å². The number of amides is 1. The molecule has 1 N–H and O–H groups in total. The van der Waals surface area contributed by atoms with E-state index < -0.39 is 0 Å². The summed E-state index contributed by atoms with van der Waals surface area (Å²) in [4.78, 5) is 27.3. The van der Waals surface area contributed by atoms with E-state index in [4.69, 9.17) is 0 Å². The number of hydrogen-bond donors (Lipinski definition) is 1. The third-order valence-electron chi connectivity index (χ3n) is 3.83. The zero-order chi connectivity index (χ0) is 16.8. The van der Waals surface area contributed by atoms with Gasteiger partial charge in [-0.1, -0.05) is 24.3 Å². The maximum Gasteiger partial charge on any atom is 0.219 e. The Morgan fingerprint density at radius 2 is 1.91 bits per heavy atom. The molecular formula is C18H23N3O2. The van der Waals surface area contributed by atoms with Crippen LogP contribution in [-0.4, -0.2) is 28.3 Å². The molecule has 1 aromatic heterocycles. The molecule has 0 saturated heterocycles. The van der Waals surface area contributed by atoms with Crippen molar-refractivity contribution in [2.24, 2.45) is 0 Å². The standard InChI is InChI=1S/C18H23N3O2/c1-4-21-12-16(20-18(21)13(2)22)15-10-8-14(9-11-15)6-5-7-17(23)19-3/h8-12H,4-7H2,1-3H3,(H,19,23). The predicted molar refractivity (Wildman–Crippen MR) is 90.3 cm³/mol. The minimum absolute atomic E-state index is 0.0241. The number of ketones is 1. The summed E-state index contributed by atoms with van der Waals surface area (Å²) in [5.74, 6) is 0.546. The van der Waals surface area contributed by atoms with Crippen molar-refractivity contribution in [3.63, 3.8) is 0 Å². The van der Waals surface area contributed by atoms with E-state index >= 15 is 0 Å². The average molecular weight is 313 g/mol. The van der Waals surface area contributed by atoms with Gasteiger partial charge in [0.15, 0.2) is 11.6 Å². The van der Waals surface area contributed by atoms with Crippen molar-refractivity contribution in [1.82, 2.24) is 14.9 Å². The van der Waals surface area contributed by atoms with Crippen molar-refractivity contribution in [3.05, 3.63) is 41.9 Å². The van der Waals surface area contributed by atoms with E-state index in [1.807, 2.05) is 29.8 Å². The van der Waals surface area contributed by atoms with Crippen LogP contribution in [0.4, 0.5) is 0 Å². The van der Waals surface area contributed by atoms with Crippen molar-refractivity contribution in [2.45, 2.75) is 39.7 Å². The monoisotopic (exact) mass is 313 g/mol. The number of rotatable bonds is 7. The minimum Gasteiger partial charge on any atom is -0.359 e. The number of carbonyl (C=O) groups is 2. The second-order valence-electron chi connectivity index (χ2n) is 5.52. The van der Waals surface area contributed by atoms with E-state index in [2.05, 4.69) is 22.4 Å². The maximum atomic E-state index is 11.6. The number of nitrogens with zero attached hydrogens (tertiary/aromatic N) is 2. The fraction of sp³-hybridized carbons (Fsp3) is 0.389. The van der Waals surface area contributed by atoms with E-state index in [1.165, 1.54) is 12.5 Å². The zero-order valence-electron chi connectivity index (χ0n) is 13.9. The summed E-state index contributed by atoms with van der Waals surface area (Å²) in [5, 5.41) is 2.63. The molecule has 1 heterocycles. The SMILES string of the molecule is CCn1cc(-c2ccc(CCCC(=O)NC)cc2)nc1C(C)=O. The molecule has 5 nitrogen and oxygen atoms in total. The lowest BCUT2D eigenvalue weighted by Crippen LogP contribution is -2.17. The first-order valence-corrected chi connectivity index (χ1v) is 7.93. The molecule has 0 spiro atoms. The Labute approximate surface area is 136 Å². The van der Waals surface area contributed by atoms with Crippen molar-refractivity contribution < 1.29 is 9.59 Å². The zero-order valence-corrected chi connectivity index (χ0v) is 13.9. The first-order chi connectivity index (χ1) is 11.0. The van der Waals surface area contributed by atoms with Gasteiger partial charge >= 0.3 is 0 Å². The molecule has 0 aliphatic rings. The van der Waals surface area contributed by atoms with Crippen molar-refractivity contribution in [2.75, 3.05) is 7.05 Å². The lowest BCUT2D eigenvalue weighted by molar-refractivity contribution is -0.120. The summed E-state index contributed by atoms with van der Waals surface area (Å²) in [6.45, 7) is 4.25. The van der Waals surface area contributed by atoms with Gasteiger partial charge in [0, 0.05) is 38.7 Å². The van der Waals surface area contributed by atoms with Gasteiger partial charge in [-0.2, -0.15) is 0 Å². The van der Waals surface area contributed by atoms with Crippen molar-refractivity contribution in [3.8, 4) is 11.3 Å². The van der Waals surface area contributed by atoms with Gasteiger partial charge in [0.25, 0.3) is 0 Å². The van der Waals surface area contributed by atoms with Gasteiger partial charge in [-0.3, -0.25) is 9.59 Å². The van der Waals surface area contributed by atoms with Gasteiger partial charge in [-0.05, 0) is 25.3 Å². The largest absolute Gasteiger partial charge is 0.359 e. The summed E-state index contributed by atoms with van der Waals surface area (Å²) in [5.41, 5.74) is 3.00. The quantitative estimate of drug-likeness (QED) is 0.799. The molecule has 0 unspecified atom stereocenters. The van der Waals surface area contributed by atoms with Gasteiger partial charge in [0.05, 0.1) is 5.69 Å². The van der Waals surface area contributed by atoms with Crippen LogP contribution in [0, 0.1) is 0 Å². The van der Waals surface area contributed by atoms with Crippen LogP contribution in [0.15, 0.2) is 30.5 Å². The fourth-order valence-corrected chi connectivity index (χ4v) is 2.50. The number of Topliss-reactive ketones (excluding diaryl/α,β-unsaturated/α-hetero) is 1. The average Bonchev–Trinajstić information content (AvgIpc) is 3.00. The number of carbonyl (C=O) groups excluding carboxylic acids is 2. The molecule has 2 rings (SSSR count). The highest BCUT2D eigenvalue weighted by Crippen LogP contribution is 2.20. The summed E-state index contributed by atoms with van der Waals surface area (Å²) in [6, 6.07) is 8.14. The third kappa shape index (κ3) is 4.28. The smallest absolute Gasteiger partial charge is 0.219 e. The molecule has 0 radical (unpaired) electrons. The van der Waals surface area contributed by atoms with E-state index in [1.54, 1.807) is 7.05 Å². The number of nitrogens with one attached hydrogen (secondary N) is 1. The first-order valence-electron chi connectivity index (χ1n) is 7.93. The van der Waals surface area contributed by atoms with Gasteiger partial charge in [0.1, 0.15) is 0 Å². The van der Waals surface area contributed by atoms with Gasteiger partial charge in [0.2, 0.25) is 5.91 Å². The molecular weight excluding hydrogens is 290 g/mol. The van der Waals surface area contributed by atoms with Crippen LogP contribution in [0.3, 0.4) is 0 Å². The normalized spacial score (nSPS) is 10.6. The molecule has 0 atom stereocenters. The Bertz CT molecular complexity index is 687. The Morgan fingerprint density at radius 3 is 2.43 bits per heavy atom. The molecule has 23 heavy (non-hydrogen) atoms. The van der Waals surface area contributed by atoms with Crippen molar-refractivity contribution >= 4 is 11.7 Å². The molecule has 0 aliphatic carbocycles. The Kier molecular flexibility index (Phi) is 5.68. The van der Waals surface area contributed by atoms with E-state index in [0.29, 0.717) is 12.2 Å². The minimum atomic E-state index is -0.0241. The molecule has 5 heteroatoms. The summed E-state index contributed by atoms with van der Waals surface area (Å²) in [6.07, 6.45) is 4.16. The number of imidazole rings is 1. The van der Waals surface area contributed by atoms with Gasteiger partial charge in [-0.25, -0.2) is 4.98 Å². The van der Waals surface area contributed by atoms with Gasteiger partial charge < -0.3 is 9.88 Å². The molecule has 0 aliphatic heterocycles. The lowest BCUT2D eigenvalue weighted by atomic mass is 10.0. The predicted octanol–water partition coefficient (Wildman–Crippen LogP) is 2.84. The summed E-state index contributed by atoms with van der Waals surface area (Å²) < 4.78 is 1.87. The number of hydrogen-bond acceptors (Lipinski definition) is 3. The Hall–Kier alpha value is -2.43. The fourth-order valence-electron chi connectivity index (χ4n) is 2.50. The molecule has 0 fully saturated rings. The Balaban J connectivity index is 2.07. The van der Waals surface area contributed by atoms with Crippen LogP contribution in [0.25, 0.3) is 11.3 Å². The second-order valence-corrected chi connectivity index (χ2v) is 5.52. The van der Waals surface area contributed by atoms with Crippen LogP contribution < -0.4 is 5.32 Å². The van der Waals surface area contributed by atoms with Crippen LogP contribution in [-0.2, 0) is 17.8 Å². The van der Waals surface area contributed by atoms with E-state index in [9.17, 15) is 9.59 Å². The molecule has 0 saturated carbocycles. The first kappa shape index (κ1) is 16.9. The summed E-state index contributed by atoms with van der Waals surface area (Å²) >= 11 is 0. The topological polar surface area (TPSA) is 64.0 Å². The second kappa shape index (κ2) is 7.72. The van der Waals surface area contributed by atoms with E-state index in [0.717, 1.165) is 30.6 Å². The molecule has 1 aromatic carbocycles. The highest BCUT2D eigenvalue weighted by atomic mass is 16.1. The van der Waals surface area contributed by atoms with Crippen LogP contribution in [0.1, 0.15) is 42.9 Å². The molecule has 2 aromatic rings. The highest BCUT2D eigenvalue weighted by Gasteiger charge is 2.12. The van der Waals surface area contributed by atoms with Gasteiger partial charge in [-0.15, -0.1) is 0 Å². The third-order valence-corrected chi connectivity index (χ3v) is 3.83. The number of benzene rings is 1. The lowest BCUT2D eigenvalue weighted by Gasteiger charge is -2.03. The van der Waals surface area contributed by atoms with Crippen LogP contribution in [0.2, 0.25) is 0 Å². The van der Waals surface area contributed by atoms with Crippen molar-refractivity contribution in [1.29, 1.82) is 0 Å². The molecule has 122 valence electrons. The van der Waals surface area contributed by atoms with Crippen LogP contribution >= 0.6 is 0 Å².